The highest BCUT2D eigenvalue weighted by Crippen LogP contribution is 2.24. The van der Waals surface area contributed by atoms with Gasteiger partial charge in [-0.25, -0.2) is 13.5 Å². The number of hydrogen-bond donors (Lipinski definition) is 2. The molecule has 140 valence electrons. The van der Waals surface area contributed by atoms with Crippen LogP contribution >= 0.6 is 11.8 Å². The maximum absolute atomic E-state index is 13.6. The fourth-order valence-electron chi connectivity index (χ4n) is 2.24. The Hall–Kier alpha value is -3.14. The number of rotatable bonds is 6. The van der Waals surface area contributed by atoms with Gasteiger partial charge in [-0.2, -0.15) is 0 Å². The van der Waals surface area contributed by atoms with Gasteiger partial charge in [-0.15, -0.1) is 10.2 Å². The number of nitrogens with one attached hydrogen (secondary N) is 1. The predicted octanol–water partition coefficient (Wildman–Crippen LogP) is 2.68. The molecule has 7 nitrogen and oxygen atoms in total. The number of nitrogens with zero attached hydrogens (tertiary/aromatic N) is 3. The number of methoxy groups -OCH3 is 1. The molecule has 0 aliphatic heterocycles. The van der Waals surface area contributed by atoms with Gasteiger partial charge in [0.25, 0.3) is 0 Å². The third-order valence-corrected chi connectivity index (χ3v) is 4.52. The highest BCUT2D eigenvalue weighted by Gasteiger charge is 2.16. The minimum Gasteiger partial charge on any atom is -0.497 e. The Morgan fingerprint density at radius 3 is 2.48 bits per heavy atom. The van der Waals surface area contributed by atoms with E-state index in [9.17, 15) is 13.6 Å². The summed E-state index contributed by atoms with van der Waals surface area (Å²) in [6.07, 6.45) is 0. The third-order valence-electron chi connectivity index (χ3n) is 3.57. The summed E-state index contributed by atoms with van der Waals surface area (Å²) in [6, 6.07) is 10.4. The number of para-hydroxylation sites is 1. The normalized spacial score (nSPS) is 10.6. The molecule has 0 fully saturated rings. The fourth-order valence-corrected chi connectivity index (χ4v) is 2.89. The van der Waals surface area contributed by atoms with E-state index in [2.05, 4.69) is 15.5 Å². The first-order chi connectivity index (χ1) is 13.0. The Labute approximate surface area is 157 Å². The van der Waals surface area contributed by atoms with Gasteiger partial charge in [0.2, 0.25) is 11.1 Å². The highest BCUT2D eigenvalue weighted by atomic mass is 32.2. The molecule has 0 saturated carbocycles. The number of aromatic nitrogens is 3. The number of nitrogen functional groups attached to an aromatic ring is 1. The number of carbonyl (C=O) groups is 1. The molecule has 0 radical (unpaired) electrons. The van der Waals surface area contributed by atoms with Crippen molar-refractivity contribution in [3.05, 3.63) is 54.1 Å². The number of halogens is 2. The average Bonchev–Trinajstić information content (AvgIpc) is 3.04. The molecule has 0 bridgehead atoms. The van der Waals surface area contributed by atoms with Crippen molar-refractivity contribution < 1.29 is 18.3 Å². The van der Waals surface area contributed by atoms with Gasteiger partial charge in [0.15, 0.2) is 5.82 Å². The van der Waals surface area contributed by atoms with E-state index in [1.54, 1.807) is 31.4 Å². The third kappa shape index (κ3) is 4.17. The topological polar surface area (TPSA) is 95.1 Å². The summed E-state index contributed by atoms with van der Waals surface area (Å²) in [5, 5.41) is 10.4. The number of hydrogen-bond acceptors (Lipinski definition) is 6. The molecule has 0 aliphatic carbocycles. The van der Waals surface area contributed by atoms with Gasteiger partial charge in [-0.1, -0.05) is 17.8 Å². The van der Waals surface area contributed by atoms with Gasteiger partial charge < -0.3 is 15.9 Å². The summed E-state index contributed by atoms with van der Waals surface area (Å²) in [4.78, 5) is 12.0. The van der Waals surface area contributed by atoms with Crippen LogP contribution in [0.1, 0.15) is 0 Å². The molecule has 3 aromatic rings. The van der Waals surface area contributed by atoms with Crippen molar-refractivity contribution >= 4 is 23.4 Å². The maximum Gasteiger partial charge on any atom is 0.235 e. The first-order valence-electron chi connectivity index (χ1n) is 7.71. The molecule has 0 saturated heterocycles. The number of carbonyl (C=O) groups excluding carboxylic acids is 1. The van der Waals surface area contributed by atoms with Gasteiger partial charge in [0.1, 0.15) is 23.1 Å². The standard InChI is InChI=1S/C17H15F2N5O2S/c1-26-11-7-5-10(6-8-11)16-22-23-17(24(16)20)27-9-14(25)21-15-12(18)3-2-4-13(15)19/h2-8H,9,20H2,1H3,(H,21,25). The fraction of sp³-hybridized carbons (Fsp3) is 0.118. The molecule has 0 spiro atoms. The van der Waals surface area contributed by atoms with Crippen molar-refractivity contribution in [2.24, 2.45) is 0 Å². The lowest BCUT2D eigenvalue weighted by Gasteiger charge is -2.07. The number of benzene rings is 2. The summed E-state index contributed by atoms with van der Waals surface area (Å²) >= 11 is 0.992. The van der Waals surface area contributed by atoms with Crippen LogP contribution in [0.4, 0.5) is 14.5 Å². The molecule has 1 amide bonds. The van der Waals surface area contributed by atoms with E-state index < -0.39 is 23.2 Å². The zero-order valence-corrected chi connectivity index (χ0v) is 15.0. The minimum atomic E-state index is -0.850. The van der Waals surface area contributed by atoms with Crippen LogP contribution in [0.3, 0.4) is 0 Å². The van der Waals surface area contributed by atoms with E-state index in [0.717, 1.165) is 29.5 Å². The predicted molar refractivity (Wildman–Crippen MR) is 97.9 cm³/mol. The molecule has 3 rings (SSSR count). The van der Waals surface area contributed by atoms with Crippen molar-refractivity contribution in [2.75, 3.05) is 24.0 Å². The smallest absolute Gasteiger partial charge is 0.235 e. The first-order valence-corrected chi connectivity index (χ1v) is 8.69. The van der Waals surface area contributed by atoms with Crippen LogP contribution in [0.5, 0.6) is 5.75 Å². The van der Waals surface area contributed by atoms with Crippen molar-refractivity contribution in [2.45, 2.75) is 5.16 Å². The summed E-state index contributed by atoms with van der Waals surface area (Å²) in [5.74, 6) is 4.63. The molecule has 27 heavy (non-hydrogen) atoms. The Morgan fingerprint density at radius 1 is 1.19 bits per heavy atom. The second kappa shape index (κ2) is 8.04. The average molecular weight is 391 g/mol. The molecular weight excluding hydrogens is 376 g/mol. The largest absolute Gasteiger partial charge is 0.497 e. The van der Waals surface area contributed by atoms with E-state index >= 15 is 0 Å². The van der Waals surface area contributed by atoms with E-state index in [1.165, 1.54) is 10.7 Å². The van der Waals surface area contributed by atoms with Crippen LogP contribution in [0.15, 0.2) is 47.6 Å². The first kappa shape index (κ1) is 18.6. The van der Waals surface area contributed by atoms with Crippen LogP contribution in [0.25, 0.3) is 11.4 Å². The molecule has 0 atom stereocenters. The van der Waals surface area contributed by atoms with Crippen LogP contribution in [0, 0.1) is 11.6 Å². The van der Waals surface area contributed by atoms with Crippen LogP contribution in [-0.2, 0) is 4.79 Å². The molecular formula is C17H15F2N5O2S. The lowest BCUT2D eigenvalue weighted by atomic mass is 10.2. The summed E-state index contributed by atoms with van der Waals surface area (Å²) in [5.41, 5.74) is 0.228. The Balaban J connectivity index is 1.66. The van der Waals surface area contributed by atoms with Gasteiger partial charge in [0, 0.05) is 5.56 Å². The van der Waals surface area contributed by atoms with Crippen LogP contribution in [-0.4, -0.2) is 33.6 Å². The maximum atomic E-state index is 13.6. The number of amides is 1. The van der Waals surface area contributed by atoms with Gasteiger partial charge in [-0.05, 0) is 36.4 Å². The molecule has 1 aromatic heterocycles. The minimum absolute atomic E-state index is 0.147. The zero-order chi connectivity index (χ0) is 19.4. The SMILES string of the molecule is COc1ccc(-c2nnc(SCC(=O)Nc3c(F)cccc3F)n2N)cc1. The second-order valence-corrected chi connectivity index (χ2v) is 6.28. The Bertz CT molecular complexity index is 942. The quantitative estimate of drug-likeness (QED) is 0.496. The molecule has 3 N–H and O–H groups in total. The molecule has 1 heterocycles. The zero-order valence-electron chi connectivity index (χ0n) is 14.1. The van der Waals surface area contributed by atoms with Crippen LogP contribution < -0.4 is 15.9 Å². The molecule has 0 unspecified atom stereocenters. The van der Waals surface area contributed by atoms with E-state index in [0.29, 0.717) is 11.6 Å². The Morgan fingerprint density at radius 2 is 1.85 bits per heavy atom. The van der Waals surface area contributed by atoms with E-state index in [4.69, 9.17) is 10.6 Å². The lowest BCUT2D eigenvalue weighted by molar-refractivity contribution is -0.113. The van der Waals surface area contributed by atoms with Crippen molar-refractivity contribution in [3.8, 4) is 17.1 Å². The van der Waals surface area contributed by atoms with Gasteiger partial charge in [0.05, 0.1) is 12.9 Å². The van der Waals surface area contributed by atoms with E-state index in [1.807, 2.05) is 0 Å². The summed E-state index contributed by atoms with van der Waals surface area (Å²) < 4.78 is 33.5. The lowest BCUT2D eigenvalue weighted by Crippen LogP contribution is -2.17. The van der Waals surface area contributed by atoms with Crippen LogP contribution in [0.2, 0.25) is 0 Å². The van der Waals surface area contributed by atoms with Gasteiger partial charge >= 0.3 is 0 Å². The summed E-state index contributed by atoms with van der Waals surface area (Å²) in [6.45, 7) is 0. The number of anilines is 1. The summed E-state index contributed by atoms with van der Waals surface area (Å²) in [7, 11) is 1.56. The van der Waals surface area contributed by atoms with E-state index in [-0.39, 0.29) is 10.9 Å². The van der Waals surface area contributed by atoms with Crippen molar-refractivity contribution in [1.29, 1.82) is 0 Å². The number of nitrogens with two attached hydrogens (primary N) is 1. The monoisotopic (exact) mass is 391 g/mol. The number of ether oxygens (including phenoxy) is 1. The van der Waals surface area contributed by atoms with Crippen molar-refractivity contribution in [1.82, 2.24) is 14.9 Å². The highest BCUT2D eigenvalue weighted by molar-refractivity contribution is 7.99. The molecule has 10 heteroatoms. The molecule has 2 aromatic carbocycles. The number of thioether (sulfide) groups is 1. The Kier molecular flexibility index (Phi) is 5.55. The van der Waals surface area contributed by atoms with Crippen molar-refractivity contribution in [3.63, 3.8) is 0 Å². The van der Waals surface area contributed by atoms with Gasteiger partial charge in [-0.3, -0.25) is 4.79 Å². The molecule has 0 aliphatic rings. The second-order valence-electron chi connectivity index (χ2n) is 5.34.